The third kappa shape index (κ3) is 4.61. The smallest absolute Gasteiger partial charge is 0.437 e. The van der Waals surface area contributed by atoms with Gasteiger partial charge in [0.25, 0.3) is 0 Å². The number of halogens is 5. The van der Waals surface area contributed by atoms with Gasteiger partial charge in [-0.05, 0) is 25.0 Å². The number of nitrogens with two attached hydrogens (primary N) is 1. The van der Waals surface area contributed by atoms with E-state index in [1.165, 1.54) is 17.0 Å². The number of nitrogens with zero attached hydrogens (tertiary/aromatic N) is 2. The number of hydrogen-bond donors (Lipinski definition) is 1. The van der Waals surface area contributed by atoms with Crippen molar-refractivity contribution in [3.63, 3.8) is 0 Å². The standard InChI is InChI=1S/C20H22Cl2F3N3O4/c1-3-5-10-12(7-6-11-15(10)32-27-16(11)20(23,24)25)31-9-4-8-28(2)18(30)14-13(17(26)29)19(14,21)22/h6-7,13-14H,3-5,8-9H2,1-2H3,(H2,26,29). The van der Waals surface area contributed by atoms with Crippen LogP contribution < -0.4 is 10.5 Å². The number of amides is 2. The van der Waals surface area contributed by atoms with Gasteiger partial charge in [0.1, 0.15) is 10.1 Å². The van der Waals surface area contributed by atoms with Crippen LogP contribution in [0.15, 0.2) is 16.7 Å². The van der Waals surface area contributed by atoms with E-state index in [0.717, 1.165) is 0 Å². The Kier molecular flexibility index (Phi) is 6.86. The van der Waals surface area contributed by atoms with Crippen molar-refractivity contribution >= 4 is 46.0 Å². The van der Waals surface area contributed by atoms with Gasteiger partial charge >= 0.3 is 6.18 Å². The zero-order valence-electron chi connectivity index (χ0n) is 17.3. The van der Waals surface area contributed by atoms with Crippen LogP contribution in [0.3, 0.4) is 0 Å². The summed E-state index contributed by atoms with van der Waals surface area (Å²) in [6, 6.07) is 2.74. The van der Waals surface area contributed by atoms with Crippen LogP contribution in [0.4, 0.5) is 13.2 Å². The van der Waals surface area contributed by atoms with E-state index in [0.29, 0.717) is 30.6 Å². The number of carbonyl (C=O) groups excluding carboxylic acids is 2. The summed E-state index contributed by atoms with van der Waals surface area (Å²) >= 11 is 12.0. The first-order chi connectivity index (χ1) is 14.9. The minimum atomic E-state index is -4.62. The molecule has 0 aliphatic heterocycles. The first kappa shape index (κ1) is 24.4. The number of hydrogen-bond acceptors (Lipinski definition) is 5. The van der Waals surface area contributed by atoms with E-state index in [4.69, 9.17) is 38.2 Å². The summed E-state index contributed by atoms with van der Waals surface area (Å²) in [5.41, 5.74) is 4.71. The van der Waals surface area contributed by atoms with Gasteiger partial charge in [0.05, 0.1) is 23.8 Å². The molecule has 1 heterocycles. The second kappa shape index (κ2) is 8.97. The Labute approximate surface area is 191 Å². The van der Waals surface area contributed by atoms with Crippen LogP contribution in [0.2, 0.25) is 0 Å². The van der Waals surface area contributed by atoms with Crippen molar-refractivity contribution in [2.24, 2.45) is 17.6 Å². The minimum Gasteiger partial charge on any atom is -0.493 e. The van der Waals surface area contributed by atoms with Gasteiger partial charge in [-0.15, -0.1) is 0 Å². The molecule has 32 heavy (non-hydrogen) atoms. The molecule has 1 aromatic carbocycles. The van der Waals surface area contributed by atoms with Gasteiger partial charge in [0, 0.05) is 19.2 Å². The molecule has 12 heteroatoms. The first-order valence-electron chi connectivity index (χ1n) is 9.94. The lowest BCUT2D eigenvalue weighted by Gasteiger charge is -2.18. The van der Waals surface area contributed by atoms with E-state index in [2.05, 4.69) is 5.16 Å². The van der Waals surface area contributed by atoms with E-state index >= 15 is 0 Å². The average molecular weight is 496 g/mol. The molecule has 1 aliphatic rings. The number of aromatic nitrogens is 1. The summed E-state index contributed by atoms with van der Waals surface area (Å²) in [7, 11) is 1.55. The minimum absolute atomic E-state index is 0.0516. The summed E-state index contributed by atoms with van der Waals surface area (Å²) in [5.74, 6) is -2.54. The van der Waals surface area contributed by atoms with E-state index in [-0.39, 0.29) is 24.1 Å². The Bertz CT molecular complexity index is 1030. The maximum absolute atomic E-state index is 13.1. The molecule has 176 valence electrons. The molecular weight excluding hydrogens is 474 g/mol. The normalized spacial score (nSPS) is 19.7. The van der Waals surface area contributed by atoms with Crippen LogP contribution in [0.25, 0.3) is 11.0 Å². The summed E-state index contributed by atoms with van der Waals surface area (Å²) in [6.45, 7) is 2.36. The Morgan fingerprint density at radius 2 is 2.00 bits per heavy atom. The number of fused-ring (bicyclic) bond motifs is 1. The molecule has 0 spiro atoms. The zero-order valence-corrected chi connectivity index (χ0v) is 18.9. The van der Waals surface area contributed by atoms with E-state index in [9.17, 15) is 22.8 Å². The maximum Gasteiger partial charge on any atom is 0.437 e. The van der Waals surface area contributed by atoms with Gasteiger partial charge in [-0.1, -0.05) is 41.7 Å². The molecule has 2 aromatic rings. The molecular formula is C20H22Cl2F3N3O4. The second-order valence-corrected chi connectivity index (χ2v) is 9.14. The SMILES string of the molecule is CCCc1c(OCCCN(C)C(=O)C2C(C(N)=O)C2(Cl)Cl)ccc2c(C(F)(F)F)noc12. The zero-order chi connectivity index (χ0) is 23.8. The third-order valence-corrected chi connectivity index (χ3v) is 6.31. The third-order valence-electron chi connectivity index (χ3n) is 5.37. The highest BCUT2D eigenvalue weighted by atomic mass is 35.5. The molecule has 3 rings (SSSR count). The van der Waals surface area contributed by atoms with Crippen molar-refractivity contribution in [2.45, 2.75) is 36.7 Å². The highest BCUT2D eigenvalue weighted by molar-refractivity contribution is 6.54. The number of alkyl halides is 5. The lowest BCUT2D eigenvalue weighted by molar-refractivity contribution is -0.141. The fourth-order valence-corrected chi connectivity index (χ4v) is 4.47. The number of primary amides is 1. The van der Waals surface area contributed by atoms with Gasteiger partial charge in [-0.25, -0.2) is 0 Å². The monoisotopic (exact) mass is 495 g/mol. The Hall–Kier alpha value is -2.20. The molecule has 0 saturated heterocycles. The number of ether oxygens (including phenoxy) is 1. The fraction of sp³-hybridized carbons (Fsp3) is 0.550. The van der Waals surface area contributed by atoms with Crippen molar-refractivity contribution in [2.75, 3.05) is 20.2 Å². The summed E-state index contributed by atoms with van der Waals surface area (Å²) < 4.78 is 48.6. The van der Waals surface area contributed by atoms with Gasteiger partial charge in [0.15, 0.2) is 11.3 Å². The Balaban J connectivity index is 1.62. The van der Waals surface area contributed by atoms with Crippen LogP contribution in [0.1, 0.15) is 31.0 Å². The van der Waals surface area contributed by atoms with Crippen LogP contribution in [-0.2, 0) is 22.2 Å². The van der Waals surface area contributed by atoms with Gasteiger partial charge in [-0.2, -0.15) is 13.2 Å². The second-order valence-electron chi connectivity index (χ2n) is 7.69. The summed E-state index contributed by atoms with van der Waals surface area (Å²) in [4.78, 5) is 25.2. The fourth-order valence-electron chi connectivity index (χ4n) is 3.69. The van der Waals surface area contributed by atoms with Crippen molar-refractivity contribution in [3.05, 3.63) is 23.4 Å². The highest BCUT2D eigenvalue weighted by Gasteiger charge is 2.70. The molecule has 1 aliphatic carbocycles. The van der Waals surface area contributed by atoms with Crippen molar-refractivity contribution in [3.8, 4) is 5.75 Å². The lowest BCUT2D eigenvalue weighted by Crippen LogP contribution is -2.32. The van der Waals surface area contributed by atoms with Crippen LogP contribution in [0, 0.1) is 11.8 Å². The summed E-state index contributed by atoms with van der Waals surface area (Å²) in [5, 5.41) is 3.07. The molecule has 2 amide bonds. The first-order valence-corrected chi connectivity index (χ1v) is 10.7. The summed E-state index contributed by atoms with van der Waals surface area (Å²) in [6.07, 6.45) is -3.09. The van der Waals surface area contributed by atoms with Gasteiger partial charge < -0.3 is 19.9 Å². The Morgan fingerprint density at radius 1 is 1.31 bits per heavy atom. The number of carbonyl (C=O) groups is 2. The molecule has 1 aromatic heterocycles. The number of aryl methyl sites for hydroxylation is 1. The molecule has 1 fully saturated rings. The van der Waals surface area contributed by atoms with Gasteiger partial charge in [-0.3, -0.25) is 9.59 Å². The topological polar surface area (TPSA) is 98.7 Å². The molecule has 0 radical (unpaired) electrons. The van der Waals surface area contributed by atoms with E-state index < -0.39 is 39.9 Å². The predicted octanol–water partition coefficient (Wildman–Crippen LogP) is 3.93. The number of benzene rings is 1. The van der Waals surface area contributed by atoms with Crippen LogP contribution >= 0.6 is 23.2 Å². The Morgan fingerprint density at radius 3 is 2.56 bits per heavy atom. The quantitative estimate of drug-likeness (QED) is 0.419. The van der Waals surface area contributed by atoms with Gasteiger partial charge in [0.2, 0.25) is 11.8 Å². The lowest BCUT2D eigenvalue weighted by atomic mass is 10.0. The molecule has 2 unspecified atom stereocenters. The molecule has 2 atom stereocenters. The van der Waals surface area contributed by atoms with Crippen molar-refractivity contribution < 1.29 is 32.0 Å². The van der Waals surface area contributed by atoms with Crippen molar-refractivity contribution in [1.82, 2.24) is 10.1 Å². The van der Waals surface area contributed by atoms with E-state index in [1.54, 1.807) is 7.05 Å². The predicted molar refractivity (Wildman–Crippen MR) is 111 cm³/mol. The molecule has 7 nitrogen and oxygen atoms in total. The molecule has 0 bridgehead atoms. The largest absolute Gasteiger partial charge is 0.493 e. The van der Waals surface area contributed by atoms with Crippen molar-refractivity contribution in [1.29, 1.82) is 0 Å². The highest BCUT2D eigenvalue weighted by Crippen LogP contribution is 2.59. The molecule has 1 saturated carbocycles. The van der Waals surface area contributed by atoms with Crippen LogP contribution in [-0.4, -0.2) is 46.4 Å². The van der Waals surface area contributed by atoms with E-state index in [1.807, 2.05) is 6.92 Å². The van der Waals surface area contributed by atoms with Crippen LogP contribution in [0.5, 0.6) is 5.75 Å². The molecule has 2 N–H and O–H groups in total. The maximum atomic E-state index is 13.1. The average Bonchev–Trinajstić information content (AvgIpc) is 3.05. The number of rotatable bonds is 9.